The van der Waals surface area contributed by atoms with Crippen molar-refractivity contribution in [3.63, 3.8) is 0 Å². The first-order chi connectivity index (χ1) is 11.6. The highest BCUT2D eigenvalue weighted by molar-refractivity contribution is 9.10. The molecule has 3 aromatic rings. The van der Waals surface area contributed by atoms with E-state index < -0.39 is 0 Å². The molecule has 0 aliphatic heterocycles. The van der Waals surface area contributed by atoms with Crippen molar-refractivity contribution < 1.29 is 4.79 Å². The van der Waals surface area contributed by atoms with E-state index in [0.29, 0.717) is 22.1 Å². The van der Waals surface area contributed by atoms with Crippen molar-refractivity contribution in [1.82, 2.24) is 9.97 Å². The molecule has 0 saturated carbocycles. The van der Waals surface area contributed by atoms with Crippen LogP contribution in [0.25, 0.3) is 11.4 Å². The number of hydrogen-bond acceptors (Lipinski definition) is 3. The van der Waals surface area contributed by atoms with Crippen LogP contribution in [-0.2, 0) is 0 Å². The normalized spacial score (nSPS) is 10.5. The summed E-state index contributed by atoms with van der Waals surface area (Å²) in [6.45, 7) is 0. The molecule has 6 heteroatoms. The number of halogens is 2. The topological polar surface area (TPSA) is 46.1 Å². The van der Waals surface area contributed by atoms with Gasteiger partial charge in [0.05, 0.1) is 16.3 Å². The summed E-state index contributed by atoms with van der Waals surface area (Å²) in [5.41, 5.74) is 1.92. The van der Waals surface area contributed by atoms with E-state index in [4.69, 9.17) is 11.6 Å². The molecule has 0 N–H and O–H groups in total. The molecule has 0 atom stereocenters. The summed E-state index contributed by atoms with van der Waals surface area (Å²) in [7, 11) is 1.67. The Morgan fingerprint density at radius 2 is 1.75 bits per heavy atom. The molecule has 120 valence electrons. The molecular weight excluding hydrogens is 390 g/mol. The molecule has 2 aromatic carbocycles. The van der Waals surface area contributed by atoms with E-state index in [1.165, 1.54) is 17.3 Å². The molecule has 4 nitrogen and oxygen atoms in total. The van der Waals surface area contributed by atoms with Crippen molar-refractivity contribution in [1.29, 1.82) is 0 Å². The number of hydrogen-bond donors (Lipinski definition) is 0. The molecule has 1 heterocycles. The zero-order valence-electron chi connectivity index (χ0n) is 12.8. The minimum atomic E-state index is -0.223. The third-order valence-corrected chi connectivity index (χ3v) is 4.30. The maximum Gasteiger partial charge on any atom is 0.261 e. The van der Waals surface area contributed by atoms with Crippen LogP contribution in [0.5, 0.6) is 0 Å². The van der Waals surface area contributed by atoms with Crippen molar-refractivity contribution in [3.05, 3.63) is 76.0 Å². The summed E-state index contributed by atoms with van der Waals surface area (Å²) < 4.78 is 0.854. The smallest absolute Gasteiger partial charge is 0.261 e. The molecule has 0 saturated heterocycles. The molecule has 1 aromatic heterocycles. The van der Waals surface area contributed by atoms with Gasteiger partial charge in [-0.1, -0.05) is 57.9 Å². The van der Waals surface area contributed by atoms with Gasteiger partial charge in [-0.05, 0) is 18.2 Å². The first kappa shape index (κ1) is 16.6. The fraction of sp³-hybridized carbons (Fsp3) is 0.0556. The van der Waals surface area contributed by atoms with Gasteiger partial charge in [0.2, 0.25) is 0 Å². The minimum absolute atomic E-state index is 0.223. The largest absolute Gasteiger partial charge is 0.310 e. The lowest BCUT2D eigenvalue weighted by molar-refractivity contribution is 0.0992. The van der Waals surface area contributed by atoms with Crippen LogP contribution in [0.4, 0.5) is 5.69 Å². The monoisotopic (exact) mass is 401 g/mol. The van der Waals surface area contributed by atoms with E-state index in [1.807, 2.05) is 36.4 Å². The fourth-order valence-corrected chi connectivity index (χ4v) is 3.03. The number of carbonyl (C=O) groups is 1. The van der Waals surface area contributed by atoms with Crippen LogP contribution < -0.4 is 4.90 Å². The minimum Gasteiger partial charge on any atom is -0.310 e. The zero-order valence-corrected chi connectivity index (χ0v) is 15.1. The Morgan fingerprint density at radius 3 is 2.38 bits per heavy atom. The SMILES string of the molecule is CN(C(=O)c1cnc(-c2ccccc2)nc1)c1ccc(Br)cc1Cl. The number of amides is 1. The molecule has 3 rings (SSSR count). The lowest BCUT2D eigenvalue weighted by atomic mass is 10.2. The molecule has 0 aliphatic rings. The number of anilines is 1. The number of rotatable bonds is 3. The van der Waals surface area contributed by atoms with Crippen molar-refractivity contribution in [3.8, 4) is 11.4 Å². The van der Waals surface area contributed by atoms with Gasteiger partial charge < -0.3 is 4.90 Å². The number of carbonyl (C=O) groups excluding carboxylic acids is 1. The van der Waals surface area contributed by atoms with Crippen molar-refractivity contribution in [2.24, 2.45) is 0 Å². The van der Waals surface area contributed by atoms with Crippen LogP contribution in [0.2, 0.25) is 5.02 Å². The second kappa shape index (κ2) is 7.11. The van der Waals surface area contributed by atoms with Crippen LogP contribution in [0.1, 0.15) is 10.4 Å². The molecule has 24 heavy (non-hydrogen) atoms. The summed E-state index contributed by atoms with van der Waals surface area (Å²) in [5, 5.41) is 0.488. The van der Waals surface area contributed by atoms with E-state index in [2.05, 4.69) is 25.9 Å². The molecular formula is C18H13BrClN3O. The molecule has 0 radical (unpaired) electrons. The van der Waals surface area contributed by atoms with Crippen LogP contribution in [0, 0.1) is 0 Å². The predicted molar refractivity (Wildman–Crippen MR) is 99.4 cm³/mol. The second-order valence-electron chi connectivity index (χ2n) is 5.12. The summed E-state index contributed by atoms with van der Waals surface area (Å²) in [6.07, 6.45) is 3.06. The third kappa shape index (κ3) is 3.47. The number of nitrogens with zero attached hydrogens (tertiary/aromatic N) is 3. The maximum atomic E-state index is 12.6. The van der Waals surface area contributed by atoms with Gasteiger partial charge in [-0.3, -0.25) is 4.79 Å². The van der Waals surface area contributed by atoms with Gasteiger partial charge in [0.1, 0.15) is 0 Å². The summed E-state index contributed by atoms with van der Waals surface area (Å²) >= 11 is 9.56. The Morgan fingerprint density at radius 1 is 1.08 bits per heavy atom. The Labute approximate surface area is 153 Å². The van der Waals surface area contributed by atoms with Gasteiger partial charge >= 0.3 is 0 Å². The Hall–Kier alpha value is -2.24. The van der Waals surface area contributed by atoms with Gasteiger partial charge in [-0.2, -0.15) is 0 Å². The number of aromatic nitrogens is 2. The first-order valence-corrected chi connectivity index (χ1v) is 8.34. The molecule has 0 fully saturated rings. The highest BCUT2D eigenvalue weighted by Gasteiger charge is 2.17. The van der Waals surface area contributed by atoms with Crippen molar-refractivity contribution >= 4 is 39.1 Å². The predicted octanol–water partition coefficient (Wildman–Crippen LogP) is 4.84. The Kier molecular flexibility index (Phi) is 4.92. The van der Waals surface area contributed by atoms with Gasteiger partial charge in [-0.25, -0.2) is 9.97 Å². The fourth-order valence-electron chi connectivity index (χ4n) is 2.23. The van der Waals surface area contributed by atoms with Crippen LogP contribution in [-0.4, -0.2) is 22.9 Å². The third-order valence-electron chi connectivity index (χ3n) is 3.51. The van der Waals surface area contributed by atoms with Gasteiger partial charge in [0, 0.05) is 29.5 Å². The second-order valence-corrected chi connectivity index (χ2v) is 6.44. The van der Waals surface area contributed by atoms with Gasteiger partial charge in [0.25, 0.3) is 5.91 Å². The highest BCUT2D eigenvalue weighted by atomic mass is 79.9. The molecule has 0 unspecified atom stereocenters. The molecule has 0 spiro atoms. The Balaban J connectivity index is 1.84. The van der Waals surface area contributed by atoms with Crippen LogP contribution in [0.3, 0.4) is 0 Å². The lowest BCUT2D eigenvalue weighted by Crippen LogP contribution is -2.26. The van der Waals surface area contributed by atoms with Crippen LogP contribution in [0.15, 0.2) is 65.4 Å². The first-order valence-electron chi connectivity index (χ1n) is 7.17. The van der Waals surface area contributed by atoms with Gasteiger partial charge in [0.15, 0.2) is 5.82 Å². The summed E-state index contributed by atoms with van der Waals surface area (Å²) in [5.74, 6) is 0.357. The molecule has 0 bridgehead atoms. The van der Waals surface area contributed by atoms with E-state index in [9.17, 15) is 4.79 Å². The van der Waals surface area contributed by atoms with E-state index >= 15 is 0 Å². The van der Waals surface area contributed by atoms with E-state index in [1.54, 1.807) is 19.2 Å². The highest BCUT2D eigenvalue weighted by Crippen LogP contribution is 2.29. The number of benzene rings is 2. The van der Waals surface area contributed by atoms with Crippen molar-refractivity contribution in [2.45, 2.75) is 0 Å². The average Bonchev–Trinajstić information content (AvgIpc) is 2.61. The van der Waals surface area contributed by atoms with Crippen LogP contribution >= 0.6 is 27.5 Å². The average molecular weight is 403 g/mol. The standard InChI is InChI=1S/C18H13BrClN3O/c1-23(16-8-7-14(19)9-15(16)20)18(24)13-10-21-17(22-11-13)12-5-3-2-4-6-12/h2-11H,1H3. The maximum absolute atomic E-state index is 12.6. The lowest BCUT2D eigenvalue weighted by Gasteiger charge is -2.18. The summed E-state index contributed by atoms with van der Waals surface area (Å²) in [4.78, 5) is 22.7. The van der Waals surface area contributed by atoms with Crippen molar-refractivity contribution in [2.75, 3.05) is 11.9 Å². The Bertz CT molecular complexity index is 869. The van der Waals surface area contributed by atoms with E-state index in [0.717, 1.165) is 10.0 Å². The zero-order chi connectivity index (χ0) is 17.1. The van der Waals surface area contributed by atoms with E-state index in [-0.39, 0.29) is 5.91 Å². The molecule has 1 amide bonds. The quantitative estimate of drug-likeness (QED) is 0.630. The molecule has 0 aliphatic carbocycles. The summed E-state index contributed by atoms with van der Waals surface area (Å²) in [6, 6.07) is 15.0. The van der Waals surface area contributed by atoms with Gasteiger partial charge in [-0.15, -0.1) is 0 Å².